The summed E-state index contributed by atoms with van der Waals surface area (Å²) in [5.41, 5.74) is 9.20. The van der Waals surface area contributed by atoms with Crippen LogP contribution in [0.25, 0.3) is 21.3 Å². The van der Waals surface area contributed by atoms with Crippen molar-refractivity contribution in [3.05, 3.63) is 92.2 Å². The first-order valence-electron chi connectivity index (χ1n) is 18.5. The van der Waals surface area contributed by atoms with Crippen LogP contribution < -0.4 is 0 Å². The Kier molecular flexibility index (Phi) is 18.3. The molecule has 0 N–H and O–H groups in total. The Morgan fingerprint density at radius 3 is 1.12 bits per heavy atom. The van der Waals surface area contributed by atoms with Gasteiger partial charge in [0.2, 0.25) is 0 Å². The van der Waals surface area contributed by atoms with E-state index in [1.54, 1.807) is 0 Å². The number of alkyl halides is 6. The van der Waals surface area contributed by atoms with Gasteiger partial charge in [-0.25, -0.2) is 0 Å². The number of rotatable bonds is 3. The number of nitrogens with zero attached hydrogens (tertiary/aromatic N) is 4. The summed E-state index contributed by atoms with van der Waals surface area (Å²) in [4.78, 5) is 0. The van der Waals surface area contributed by atoms with E-state index in [0.717, 1.165) is 24.9 Å². The fourth-order valence-corrected chi connectivity index (χ4v) is 6.86. The van der Waals surface area contributed by atoms with Crippen LogP contribution in [0.15, 0.2) is 59.1 Å². The Labute approximate surface area is 336 Å². The van der Waals surface area contributed by atoms with E-state index in [1.807, 2.05) is 0 Å². The summed E-state index contributed by atoms with van der Waals surface area (Å²) < 4.78 is 135. The van der Waals surface area contributed by atoms with E-state index in [-0.39, 0.29) is 58.9 Å². The Morgan fingerprint density at radius 2 is 0.857 bits per heavy atom. The summed E-state index contributed by atoms with van der Waals surface area (Å²) >= 11 is 0. The molecular weight excluding hydrogens is 964 g/mol. The van der Waals surface area contributed by atoms with Gasteiger partial charge in [-0.2, -0.15) is 38.4 Å². The van der Waals surface area contributed by atoms with Crippen LogP contribution in [0, 0.1) is 35.5 Å². The molecule has 4 fully saturated rings. The summed E-state index contributed by atoms with van der Waals surface area (Å²) in [6.45, 7) is 11.0. The van der Waals surface area contributed by atoms with E-state index in [1.165, 1.54) is 48.7 Å². The van der Waals surface area contributed by atoms with E-state index < -0.39 is 44.1 Å². The Bertz CT molecular complexity index is 1340. The van der Waals surface area contributed by atoms with Crippen LogP contribution in [0.4, 0.5) is 51.5 Å². The molecule has 0 saturated carbocycles. The monoisotopic (exact) mass is 1010 g/mol. The number of piperidine rings is 4. The standard InChI is InChI=1S/2C13H17N.C12H16F6N2.F6P.Ir/c2*1-10-3-5-12(6-4-10)13-9-11(2)7-8-14-13;13-11(14,15)7-1-3-19-9(5-7)10-6-8(2-4-20-10)12(16,17)18;1-7(2,3,4,5)6;/h2*3-5,11,13H,7-9H2,1-2H3;7-10H,1-6H2;;/q2*-1;-2;-1;. The summed E-state index contributed by atoms with van der Waals surface area (Å²) in [7, 11) is -10.7. The van der Waals surface area contributed by atoms with Crippen LogP contribution in [0.3, 0.4) is 0 Å². The minimum Gasteiger partial charge on any atom is 0 e. The van der Waals surface area contributed by atoms with Gasteiger partial charge in [-0.05, 0) is 35.1 Å². The molecule has 8 atom stereocenters. The first kappa shape index (κ1) is 50.7. The minimum absolute atomic E-state index is 0. The molecule has 56 heavy (non-hydrogen) atoms. The fraction of sp³-hybridized carbons (Fsp3) is 0.684. The number of halogens is 12. The third-order valence-corrected chi connectivity index (χ3v) is 10.0. The van der Waals surface area contributed by atoms with Gasteiger partial charge >= 0.3 is 45.3 Å². The average Bonchev–Trinajstić information content (AvgIpc) is 3.08. The van der Waals surface area contributed by atoms with Gasteiger partial charge in [0.05, 0.1) is 11.8 Å². The maximum atomic E-state index is 12.7. The van der Waals surface area contributed by atoms with Crippen LogP contribution >= 0.6 is 7.81 Å². The predicted molar refractivity (Wildman–Crippen MR) is 195 cm³/mol. The quantitative estimate of drug-likeness (QED) is 0.154. The van der Waals surface area contributed by atoms with Crippen molar-refractivity contribution in [2.24, 2.45) is 23.7 Å². The Hall–Kier alpha value is -1.40. The molecule has 0 aromatic carbocycles. The molecule has 0 bridgehead atoms. The maximum absolute atomic E-state index is 12.7. The van der Waals surface area contributed by atoms with Crippen LogP contribution in [-0.4, -0.2) is 62.7 Å². The number of allylic oxidation sites excluding steroid dienone is 2. The molecule has 3 radical (unpaired) electrons. The average molecular weight is 1010 g/mol. The van der Waals surface area contributed by atoms with Gasteiger partial charge in [-0.1, -0.05) is 103 Å². The molecule has 2 aliphatic carbocycles. The van der Waals surface area contributed by atoms with Crippen LogP contribution in [0.2, 0.25) is 0 Å². The SMILES string of the molecule is C[C]1C=C=C(C2CC(C)CC[N-]2)C=C1.C[C]1C=C=C(C2CC(C)CC[N-]2)C=C1.FC(F)(F)C1CC[N-]C(C2CC(C(F)(F)F)CC[N-]2)C1.F[P-](F)(F)(F)(F)F.[Ir]. The zero-order valence-electron chi connectivity index (χ0n) is 31.7. The third kappa shape index (κ3) is 20.5. The van der Waals surface area contributed by atoms with Gasteiger partial charge in [0.1, 0.15) is 0 Å². The van der Waals surface area contributed by atoms with E-state index in [4.69, 9.17) is 0 Å². The third-order valence-electron chi connectivity index (χ3n) is 10.0. The summed E-state index contributed by atoms with van der Waals surface area (Å²) in [6, 6.07) is -0.639. The van der Waals surface area contributed by atoms with Crippen molar-refractivity contribution in [3.63, 3.8) is 0 Å². The van der Waals surface area contributed by atoms with Crippen LogP contribution in [0.5, 0.6) is 0 Å². The normalized spacial score (nSPS) is 32.6. The molecule has 0 aromatic heterocycles. The van der Waals surface area contributed by atoms with Crippen molar-refractivity contribution in [2.75, 3.05) is 26.2 Å². The molecule has 0 aromatic rings. The second-order valence-corrected chi connectivity index (χ2v) is 17.1. The van der Waals surface area contributed by atoms with E-state index in [9.17, 15) is 51.5 Å². The molecular formula is C38H50F12IrN4P-5. The van der Waals surface area contributed by atoms with Gasteiger partial charge in [0, 0.05) is 31.9 Å². The first-order chi connectivity index (χ1) is 25.1. The summed E-state index contributed by atoms with van der Waals surface area (Å²) in [5, 5.41) is 17.4. The molecule has 4 aliphatic heterocycles. The molecule has 8 unspecified atom stereocenters. The fourth-order valence-electron chi connectivity index (χ4n) is 6.86. The van der Waals surface area contributed by atoms with Crippen molar-refractivity contribution in [1.29, 1.82) is 0 Å². The van der Waals surface area contributed by atoms with Crippen molar-refractivity contribution >= 4 is 7.81 Å². The molecule has 4 heterocycles. The van der Waals surface area contributed by atoms with Gasteiger partial charge < -0.3 is 21.3 Å². The smallest absolute Gasteiger partial charge is 0 e. The van der Waals surface area contributed by atoms with Gasteiger partial charge in [0.25, 0.3) is 0 Å². The molecule has 6 aliphatic rings. The molecule has 4 nitrogen and oxygen atoms in total. The van der Waals surface area contributed by atoms with Gasteiger partial charge in [-0.15, -0.1) is 49.7 Å². The molecule has 6 rings (SSSR count). The van der Waals surface area contributed by atoms with Crippen molar-refractivity contribution in [2.45, 2.75) is 116 Å². The molecule has 0 spiro atoms. The van der Waals surface area contributed by atoms with Crippen molar-refractivity contribution in [1.82, 2.24) is 0 Å². The second kappa shape index (κ2) is 20.2. The maximum Gasteiger partial charge on any atom is 0 e. The van der Waals surface area contributed by atoms with E-state index in [0.29, 0.717) is 12.1 Å². The summed E-state index contributed by atoms with van der Waals surface area (Å²) in [6.07, 6.45) is 8.44. The van der Waals surface area contributed by atoms with Crippen molar-refractivity contribution in [3.8, 4) is 0 Å². The Morgan fingerprint density at radius 1 is 0.536 bits per heavy atom. The minimum atomic E-state index is -10.7. The van der Waals surface area contributed by atoms with Crippen molar-refractivity contribution < 1.29 is 71.6 Å². The predicted octanol–water partition coefficient (Wildman–Crippen LogP) is 14.6. The topological polar surface area (TPSA) is 56.4 Å². The largest absolute Gasteiger partial charge is 0 e. The molecule has 0 amide bonds. The van der Waals surface area contributed by atoms with Gasteiger partial charge in [0.15, 0.2) is 0 Å². The van der Waals surface area contributed by atoms with Crippen LogP contribution in [0.1, 0.15) is 79.1 Å². The first-order valence-corrected chi connectivity index (χ1v) is 20.5. The molecule has 325 valence electrons. The zero-order valence-corrected chi connectivity index (χ0v) is 35.0. The van der Waals surface area contributed by atoms with Crippen LogP contribution in [-0.2, 0) is 20.1 Å². The van der Waals surface area contributed by atoms with E-state index >= 15 is 0 Å². The number of hydrogen-bond acceptors (Lipinski definition) is 0. The summed E-state index contributed by atoms with van der Waals surface area (Å²) in [5.74, 6) is 1.24. The molecule has 4 saturated heterocycles. The molecule has 18 heteroatoms. The van der Waals surface area contributed by atoms with E-state index in [2.05, 4.69) is 96.9 Å². The number of hydrogen-bond donors (Lipinski definition) is 0. The second-order valence-electron chi connectivity index (χ2n) is 15.2. The van der Waals surface area contributed by atoms with Gasteiger partial charge in [-0.3, -0.25) is 0 Å². The Balaban J connectivity index is 0.000000270. The zero-order chi connectivity index (χ0) is 41.3.